The maximum absolute atomic E-state index is 12.6. The van der Waals surface area contributed by atoms with Crippen LogP contribution in [0.4, 0.5) is 0 Å². The standard InChI is InChI=1S/C63H54N3O.Pt/c1-40(2)48-35-54(42(5)6)62(67)57(36-48)63-65-61-52(50-32-49(44-22-13-8-14-23-44)33-51(34-50)58-37-47(30-31-64-58)43-20-11-7-12-21-43)28-19-29-59(61)66(63)60-39-55(45-24-15-9-16-25-45)53(41(3)4)38-56(60)46-26-17-10-18-27-46;/h7-33,35-42,67H,1-6H3;/q-1;/i7D,11D,12D,20D,21D,30D,31D,37D,41D;. The Bertz CT molecular complexity index is 3890. The van der Waals surface area contributed by atoms with Crippen LogP contribution in [-0.2, 0) is 21.1 Å². The van der Waals surface area contributed by atoms with Crippen molar-refractivity contribution in [1.29, 1.82) is 0 Å². The first-order valence-electron chi connectivity index (χ1n) is 27.1. The van der Waals surface area contributed by atoms with E-state index in [0.717, 1.165) is 50.2 Å². The third-order valence-corrected chi connectivity index (χ3v) is 12.3. The quantitative estimate of drug-likeness (QED) is 0.131. The molecule has 4 nitrogen and oxygen atoms in total. The molecule has 0 saturated carbocycles. The van der Waals surface area contributed by atoms with Crippen LogP contribution in [0.3, 0.4) is 0 Å². The average molecular weight is 1070 g/mol. The van der Waals surface area contributed by atoms with E-state index in [-0.39, 0.29) is 61.0 Å². The van der Waals surface area contributed by atoms with Crippen molar-refractivity contribution in [3.05, 3.63) is 217 Å². The second-order valence-electron chi connectivity index (χ2n) is 17.7. The summed E-state index contributed by atoms with van der Waals surface area (Å²) in [5, 5.41) is 12.6. The summed E-state index contributed by atoms with van der Waals surface area (Å²) in [7, 11) is 0. The molecule has 0 aliphatic carbocycles. The van der Waals surface area contributed by atoms with Gasteiger partial charge in [-0.15, -0.1) is 23.8 Å². The largest absolute Gasteiger partial charge is 0.507 e. The zero-order chi connectivity index (χ0) is 54.1. The minimum atomic E-state index is -1.02. The van der Waals surface area contributed by atoms with Crippen molar-refractivity contribution >= 4 is 11.0 Å². The van der Waals surface area contributed by atoms with Crippen LogP contribution in [0.5, 0.6) is 5.75 Å². The molecule has 5 heteroatoms. The number of hydrogen-bond acceptors (Lipinski definition) is 3. The van der Waals surface area contributed by atoms with E-state index >= 15 is 0 Å². The molecule has 0 radical (unpaired) electrons. The van der Waals surface area contributed by atoms with Gasteiger partial charge in [-0.2, -0.15) is 0 Å². The fourth-order valence-corrected chi connectivity index (χ4v) is 8.84. The number of aromatic nitrogens is 3. The molecule has 0 saturated heterocycles. The Kier molecular flexibility index (Phi) is 10.4. The van der Waals surface area contributed by atoms with Gasteiger partial charge in [-0.25, -0.2) is 4.98 Å². The van der Waals surface area contributed by atoms with Gasteiger partial charge in [0.25, 0.3) is 0 Å². The first-order valence-corrected chi connectivity index (χ1v) is 22.6. The third kappa shape index (κ3) is 8.90. The number of pyridine rings is 1. The number of hydrogen-bond donors (Lipinski definition) is 1. The summed E-state index contributed by atoms with van der Waals surface area (Å²) in [5.41, 5.74) is 10.9. The SMILES string of the molecule is [2H]c1nc(-c2[c-]c(-c3cccc4c3nc(-c3cc(C(C)C)cc(C(C)C)c3O)n4-c3cc(-c4ccccc4)c(C([2H])(C)C)cc3-c3ccccc3)cc(-c3ccccc3)c2)c([2H])c(-c2c([2H])c([2H])c([2H])c([2H])c2[2H])c1[2H].[Pt]. The van der Waals surface area contributed by atoms with Gasteiger partial charge in [0.15, 0.2) is 0 Å². The van der Waals surface area contributed by atoms with Gasteiger partial charge < -0.3 is 5.11 Å². The number of phenolic OH excluding ortho intramolecular Hbond substituents is 1. The molecule has 1 N–H and O–H groups in total. The van der Waals surface area contributed by atoms with Crippen LogP contribution in [0.2, 0.25) is 0 Å². The van der Waals surface area contributed by atoms with E-state index in [1.54, 1.807) is 6.07 Å². The van der Waals surface area contributed by atoms with Crippen LogP contribution in [0, 0.1) is 6.07 Å². The maximum Gasteiger partial charge on any atom is 0.148 e. The monoisotopic (exact) mass is 1070 g/mol. The third-order valence-electron chi connectivity index (χ3n) is 12.3. The first kappa shape index (κ1) is 36.0. The summed E-state index contributed by atoms with van der Waals surface area (Å²) in [4.78, 5) is 10.1. The summed E-state index contributed by atoms with van der Waals surface area (Å²) in [6.45, 7) is 12.2. The Labute approximate surface area is 428 Å². The molecule has 68 heavy (non-hydrogen) atoms. The van der Waals surface area contributed by atoms with E-state index in [1.165, 1.54) is 0 Å². The fraction of sp³-hybridized carbons (Fsp3) is 0.143. The molecule has 0 atom stereocenters. The van der Waals surface area contributed by atoms with Gasteiger partial charge in [0.2, 0.25) is 0 Å². The van der Waals surface area contributed by atoms with E-state index in [9.17, 15) is 7.85 Å². The second-order valence-corrected chi connectivity index (χ2v) is 17.7. The van der Waals surface area contributed by atoms with Gasteiger partial charge in [-0.3, -0.25) is 9.55 Å². The minimum absolute atomic E-state index is 0. The predicted molar refractivity (Wildman–Crippen MR) is 280 cm³/mol. The van der Waals surface area contributed by atoms with Crippen LogP contribution in [0.15, 0.2) is 194 Å². The van der Waals surface area contributed by atoms with Crippen molar-refractivity contribution in [2.24, 2.45) is 0 Å². The zero-order valence-corrected chi connectivity index (χ0v) is 40.9. The maximum atomic E-state index is 12.6. The summed E-state index contributed by atoms with van der Waals surface area (Å²) < 4.78 is 81.8. The second kappa shape index (κ2) is 19.6. The van der Waals surface area contributed by atoms with Crippen molar-refractivity contribution in [1.82, 2.24) is 14.5 Å². The van der Waals surface area contributed by atoms with Gasteiger partial charge in [-0.1, -0.05) is 204 Å². The molecular formula is C63H54N3OPt-. The van der Waals surface area contributed by atoms with E-state index in [4.69, 9.17) is 14.6 Å². The number of benzene rings is 8. The molecule has 0 fully saturated rings. The van der Waals surface area contributed by atoms with E-state index in [1.807, 2.05) is 123 Å². The van der Waals surface area contributed by atoms with E-state index in [0.29, 0.717) is 39.1 Å². The van der Waals surface area contributed by atoms with Crippen molar-refractivity contribution in [3.8, 4) is 89.7 Å². The normalized spacial score (nSPS) is 13.4. The summed E-state index contributed by atoms with van der Waals surface area (Å²) >= 11 is 0. The molecule has 0 amide bonds. The number of aromatic hydroxyl groups is 1. The molecule has 0 aliphatic rings. The van der Waals surface area contributed by atoms with Gasteiger partial charge in [0.1, 0.15) is 11.6 Å². The van der Waals surface area contributed by atoms with Gasteiger partial charge >= 0.3 is 0 Å². The first-order chi connectivity index (χ1) is 36.2. The van der Waals surface area contributed by atoms with Gasteiger partial charge in [0.05, 0.1) is 33.3 Å². The number of para-hydroxylation sites is 1. The topological polar surface area (TPSA) is 50.9 Å². The number of fused-ring (bicyclic) bond motifs is 1. The van der Waals surface area contributed by atoms with E-state index in [2.05, 4.69) is 73.6 Å². The average Bonchev–Trinajstić information content (AvgIpc) is 3.92. The Morgan fingerprint density at radius 2 is 1.21 bits per heavy atom. The Hall–Kier alpha value is -7.13. The fourth-order valence-electron chi connectivity index (χ4n) is 8.84. The molecular weight excluding hydrogens is 1010 g/mol. The summed E-state index contributed by atoms with van der Waals surface area (Å²) in [6.07, 6.45) is -0.550. The molecule has 0 aliphatic heterocycles. The van der Waals surface area contributed by atoms with Crippen molar-refractivity contribution < 1.29 is 38.5 Å². The molecule has 8 aromatic carbocycles. The molecule has 2 aromatic heterocycles. The number of phenols is 1. The molecule has 338 valence electrons. The summed E-state index contributed by atoms with van der Waals surface area (Å²) in [6, 6.07) is 47.2. The number of imidazole rings is 1. The minimum Gasteiger partial charge on any atom is -0.507 e. The van der Waals surface area contributed by atoms with Crippen LogP contribution in [0.1, 0.15) is 88.3 Å². The van der Waals surface area contributed by atoms with Crippen molar-refractivity contribution in [3.63, 3.8) is 0 Å². The van der Waals surface area contributed by atoms with Gasteiger partial charge in [0, 0.05) is 39.9 Å². The molecule has 10 aromatic rings. The molecule has 2 heterocycles. The van der Waals surface area contributed by atoms with Crippen LogP contribution in [0.25, 0.3) is 95.0 Å². The smallest absolute Gasteiger partial charge is 0.148 e. The Morgan fingerprint density at radius 3 is 1.85 bits per heavy atom. The number of nitrogens with zero attached hydrogens (tertiary/aromatic N) is 3. The van der Waals surface area contributed by atoms with Crippen molar-refractivity contribution in [2.75, 3.05) is 0 Å². The molecule has 10 rings (SSSR count). The summed E-state index contributed by atoms with van der Waals surface area (Å²) in [5.74, 6) is -0.363. The Morgan fingerprint density at radius 1 is 0.559 bits per heavy atom. The van der Waals surface area contributed by atoms with Crippen LogP contribution in [-0.4, -0.2) is 19.6 Å². The van der Waals surface area contributed by atoms with Gasteiger partial charge in [-0.05, 0) is 98.1 Å². The van der Waals surface area contributed by atoms with Crippen LogP contribution < -0.4 is 0 Å². The Balaban J connectivity index is 0.00000722. The molecule has 0 bridgehead atoms. The molecule has 0 spiro atoms. The predicted octanol–water partition coefficient (Wildman–Crippen LogP) is 17.0. The number of rotatable bonds is 11. The zero-order valence-electron chi connectivity index (χ0n) is 47.6. The van der Waals surface area contributed by atoms with Crippen molar-refractivity contribution in [2.45, 2.75) is 59.3 Å². The molecule has 0 unspecified atom stereocenters. The van der Waals surface area contributed by atoms with Crippen LogP contribution >= 0.6 is 0 Å². The van der Waals surface area contributed by atoms with E-state index < -0.39 is 54.4 Å².